The van der Waals surface area contributed by atoms with Crippen LogP contribution in [0.2, 0.25) is 0 Å². The molecular weight excluding hydrogens is 354 g/mol. The lowest BCUT2D eigenvalue weighted by Crippen LogP contribution is -2.42. The van der Waals surface area contributed by atoms with Gasteiger partial charge in [0.05, 0.1) is 47.9 Å². The summed E-state index contributed by atoms with van der Waals surface area (Å²) in [4.78, 5) is 18.8. The highest BCUT2D eigenvalue weighted by molar-refractivity contribution is 7.09. The van der Waals surface area contributed by atoms with Gasteiger partial charge in [0.25, 0.3) is 5.91 Å². The van der Waals surface area contributed by atoms with Gasteiger partial charge in [0, 0.05) is 24.2 Å². The van der Waals surface area contributed by atoms with Gasteiger partial charge in [-0.1, -0.05) is 5.16 Å². The quantitative estimate of drug-likeness (QED) is 0.682. The molecule has 0 saturated carbocycles. The number of ether oxygens (including phenoxy) is 1. The van der Waals surface area contributed by atoms with Crippen LogP contribution in [0.4, 0.5) is 0 Å². The molecule has 1 unspecified atom stereocenters. The minimum absolute atomic E-state index is 0.0542. The first-order valence-corrected chi connectivity index (χ1v) is 9.22. The van der Waals surface area contributed by atoms with Crippen molar-refractivity contribution >= 4 is 17.2 Å². The highest BCUT2D eigenvalue weighted by Gasteiger charge is 2.30. The maximum atomic E-state index is 12.7. The summed E-state index contributed by atoms with van der Waals surface area (Å²) in [5, 5.41) is 11.2. The SMILES string of the molecule is Cc1cc(C(=O)N2Cc3ccnn3C(COCc3csc(C)n3)C2)on1. The van der Waals surface area contributed by atoms with Gasteiger partial charge in [0.15, 0.2) is 0 Å². The molecular formula is C17H19N5O3S. The third-order valence-electron chi connectivity index (χ3n) is 4.23. The number of aryl methyl sites for hydroxylation is 2. The Bertz CT molecular complexity index is 915. The van der Waals surface area contributed by atoms with E-state index in [2.05, 4.69) is 15.2 Å². The fraction of sp³-hybridized carbons (Fsp3) is 0.412. The van der Waals surface area contributed by atoms with Gasteiger partial charge in [-0.2, -0.15) is 5.10 Å². The fourth-order valence-corrected chi connectivity index (χ4v) is 3.66. The molecule has 4 rings (SSSR count). The summed E-state index contributed by atoms with van der Waals surface area (Å²) in [6, 6.07) is 3.52. The Morgan fingerprint density at radius 3 is 3.08 bits per heavy atom. The van der Waals surface area contributed by atoms with E-state index in [9.17, 15) is 4.79 Å². The van der Waals surface area contributed by atoms with E-state index >= 15 is 0 Å². The standard InChI is InChI=1S/C17H19N5O3S/c1-11-5-16(25-20-11)17(23)21-6-14-3-4-18-22(14)15(7-21)9-24-8-13-10-26-12(2)19-13/h3-5,10,15H,6-9H2,1-2H3. The largest absolute Gasteiger partial charge is 0.373 e. The van der Waals surface area contributed by atoms with Crippen molar-refractivity contribution in [3.8, 4) is 0 Å². The molecule has 1 aliphatic rings. The number of carbonyl (C=O) groups is 1. The van der Waals surface area contributed by atoms with Gasteiger partial charge in [-0.25, -0.2) is 4.98 Å². The Hall–Kier alpha value is -2.52. The summed E-state index contributed by atoms with van der Waals surface area (Å²) in [6.07, 6.45) is 1.75. The first kappa shape index (κ1) is 16.9. The number of aromatic nitrogens is 4. The molecule has 0 spiro atoms. The molecule has 1 aliphatic heterocycles. The van der Waals surface area contributed by atoms with Crippen molar-refractivity contribution in [3.05, 3.63) is 51.6 Å². The van der Waals surface area contributed by atoms with Crippen molar-refractivity contribution in [2.75, 3.05) is 13.2 Å². The highest BCUT2D eigenvalue weighted by Crippen LogP contribution is 2.23. The Kier molecular flexibility index (Phi) is 4.56. The van der Waals surface area contributed by atoms with Gasteiger partial charge in [-0.3, -0.25) is 9.48 Å². The molecule has 3 aromatic rings. The zero-order chi connectivity index (χ0) is 18.1. The smallest absolute Gasteiger partial charge is 0.292 e. The summed E-state index contributed by atoms with van der Waals surface area (Å²) in [7, 11) is 0. The second-order valence-corrected chi connectivity index (χ2v) is 7.37. The Labute approximate surface area is 154 Å². The van der Waals surface area contributed by atoms with Crippen LogP contribution in [0, 0.1) is 13.8 Å². The number of hydrogen-bond donors (Lipinski definition) is 0. The van der Waals surface area contributed by atoms with Crippen LogP contribution in [0.15, 0.2) is 28.2 Å². The average molecular weight is 373 g/mol. The molecule has 0 fully saturated rings. The molecule has 3 aromatic heterocycles. The Morgan fingerprint density at radius 2 is 2.35 bits per heavy atom. The molecule has 26 heavy (non-hydrogen) atoms. The minimum Gasteiger partial charge on any atom is -0.373 e. The van der Waals surface area contributed by atoms with Crippen LogP contribution >= 0.6 is 11.3 Å². The lowest BCUT2D eigenvalue weighted by atomic mass is 10.2. The second kappa shape index (κ2) is 7.00. The van der Waals surface area contributed by atoms with Crippen LogP contribution in [0.1, 0.15) is 38.7 Å². The van der Waals surface area contributed by atoms with E-state index in [1.165, 1.54) is 0 Å². The van der Waals surface area contributed by atoms with E-state index in [-0.39, 0.29) is 17.7 Å². The fourth-order valence-electron chi connectivity index (χ4n) is 3.06. The lowest BCUT2D eigenvalue weighted by molar-refractivity contribution is 0.0417. The molecule has 0 radical (unpaired) electrons. The molecule has 0 N–H and O–H groups in total. The topological polar surface area (TPSA) is 86.3 Å². The Morgan fingerprint density at radius 1 is 1.46 bits per heavy atom. The zero-order valence-electron chi connectivity index (χ0n) is 14.6. The summed E-state index contributed by atoms with van der Waals surface area (Å²) in [6.45, 7) is 5.66. The monoisotopic (exact) mass is 373 g/mol. The predicted molar refractivity (Wildman–Crippen MR) is 93.8 cm³/mol. The van der Waals surface area contributed by atoms with Crippen LogP contribution in [-0.2, 0) is 17.9 Å². The summed E-state index contributed by atoms with van der Waals surface area (Å²) >= 11 is 1.61. The number of carbonyl (C=O) groups excluding carboxylic acids is 1. The first-order chi connectivity index (χ1) is 12.6. The predicted octanol–water partition coefficient (Wildman–Crippen LogP) is 2.36. The van der Waals surface area contributed by atoms with Gasteiger partial charge in [0.1, 0.15) is 0 Å². The van der Waals surface area contributed by atoms with Crippen LogP contribution in [0.25, 0.3) is 0 Å². The number of nitrogens with zero attached hydrogens (tertiary/aromatic N) is 5. The molecule has 1 amide bonds. The normalized spacial score (nSPS) is 16.7. The molecule has 1 atom stereocenters. The van der Waals surface area contributed by atoms with Crippen molar-refractivity contribution in [2.45, 2.75) is 33.0 Å². The van der Waals surface area contributed by atoms with Crippen LogP contribution in [0.5, 0.6) is 0 Å². The summed E-state index contributed by atoms with van der Waals surface area (Å²) in [5.74, 6) is 0.0891. The number of hydrogen-bond acceptors (Lipinski definition) is 7. The molecule has 0 bridgehead atoms. The third-order valence-corrected chi connectivity index (χ3v) is 5.06. The second-order valence-electron chi connectivity index (χ2n) is 6.31. The number of thiazole rings is 1. The van der Waals surface area contributed by atoms with E-state index in [1.807, 2.05) is 23.1 Å². The van der Waals surface area contributed by atoms with E-state index in [0.29, 0.717) is 32.0 Å². The van der Waals surface area contributed by atoms with Crippen molar-refractivity contribution < 1.29 is 14.1 Å². The summed E-state index contributed by atoms with van der Waals surface area (Å²) in [5.41, 5.74) is 2.59. The molecule has 4 heterocycles. The van der Waals surface area contributed by atoms with E-state index in [0.717, 1.165) is 16.4 Å². The third kappa shape index (κ3) is 3.40. The van der Waals surface area contributed by atoms with Gasteiger partial charge in [-0.05, 0) is 19.9 Å². The number of rotatable bonds is 5. The highest BCUT2D eigenvalue weighted by atomic mass is 32.1. The minimum atomic E-state index is -0.168. The summed E-state index contributed by atoms with van der Waals surface area (Å²) < 4.78 is 12.9. The van der Waals surface area contributed by atoms with Crippen LogP contribution in [-0.4, -0.2) is 43.9 Å². The van der Waals surface area contributed by atoms with Crippen molar-refractivity contribution in [2.24, 2.45) is 0 Å². The maximum absolute atomic E-state index is 12.7. The molecule has 0 saturated heterocycles. The van der Waals surface area contributed by atoms with Crippen LogP contribution in [0.3, 0.4) is 0 Å². The van der Waals surface area contributed by atoms with Gasteiger partial charge < -0.3 is 14.2 Å². The molecule has 0 aliphatic carbocycles. The molecule has 9 heteroatoms. The molecule has 8 nitrogen and oxygen atoms in total. The Balaban J connectivity index is 1.45. The van der Waals surface area contributed by atoms with E-state index in [1.54, 1.807) is 35.4 Å². The van der Waals surface area contributed by atoms with E-state index in [4.69, 9.17) is 9.26 Å². The first-order valence-electron chi connectivity index (χ1n) is 8.34. The molecule has 136 valence electrons. The van der Waals surface area contributed by atoms with Gasteiger partial charge in [-0.15, -0.1) is 11.3 Å². The number of fused-ring (bicyclic) bond motifs is 1. The van der Waals surface area contributed by atoms with Crippen molar-refractivity contribution in [1.29, 1.82) is 0 Å². The van der Waals surface area contributed by atoms with Crippen molar-refractivity contribution in [3.63, 3.8) is 0 Å². The van der Waals surface area contributed by atoms with E-state index < -0.39 is 0 Å². The van der Waals surface area contributed by atoms with Crippen molar-refractivity contribution in [1.82, 2.24) is 24.8 Å². The van der Waals surface area contributed by atoms with Crippen LogP contribution < -0.4 is 0 Å². The molecule has 0 aromatic carbocycles. The zero-order valence-corrected chi connectivity index (χ0v) is 15.4. The maximum Gasteiger partial charge on any atom is 0.292 e. The van der Waals surface area contributed by atoms with Gasteiger partial charge in [0.2, 0.25) is 5.76 Å². The average Bonchev–Trinajstić information content (AvgIpc) is 3.35. The lowest BCUT2D eigenvalue weighted by Gasteiger charge is -2.33. The number of amides is 1. The van der Waals surface area contributed by atoms with Gasteiger partial charge >= 0.3 is 0 Å².